The van der Waals surface area contributed by atoms with E-state index in [0.29, 0.717) is 29.3 Å². The predicted octanol–water partition coefficient (Wildman–Crippen LogP) is 2.73. The van der Waals surface area contributed by atoms with Crippen LogP contribution >= 0.6 is 0 Å². The summed E-state index contributed by atoms with van der Waals surface area (Å²) in [5, 5.41) is 9.07. The quantitative estimate of drug-likeness (QED) is 0.643. The fourth-order valence-corrected chi connectivity index (χ4v) is 3.64. The summed E-state index contributed by atoms with van der Waals surface area (Å²) in [6, 6.07) is 6.89. The first kappa shape index (κ1) is 24.7. The molecule has 8 nitrogen and oxygen atoms in total. The van der Waals surface area contributed by atoms with Gasteiger partial charge in [0.1, 0.15) is 5.92 Å². The summed E-state index contributed by atoms with van der Waals surface area (Å²) in [5.41, 5.74) is 7.45. The molecule has 1 atom stereocenters. The van der Waals surface area contributed by atoms with Crippen LogP contribution in [0.15, 0.2) is 59.6 Å². The molecular weight excluding hydrogens is 448 g/mol. The number of allylic oxidation sites excluding steroid dienone is 2. The first-order valence-corrected chi connectivity index (χ1v) is 10.3. The van der Waals surface area contributed by atoms with Crippen molar-refractivity contribution in [1.29, 1.82) is 0 Å². The topological polar surface area (TPSA) is 123 Å². The molecule has 3 heterocycles. The van der Waals surface area contributed by atoms with E-state index < -0.39 is 35.2 Å². The molecule has 1 aromatic heterocycles. The lowest BCUT2D eigenvalue weighted by Crippen LogP contribution is -2.41. The van der Waals surface area contributed by atoms with Crippen LogP contribution < -0.4 is 10.5 Å². The van der Waals surface area contributed by atoms with Gasteiger partial charge in [-0.1, -0.05) is 6.07 Å². The van der Waals surface area contributed by atoms with Gasteiger partial charge in [-0.05, 0) is 42.7 Å². The average molecular weight is 471 g/mol. The van der Waals surface area contributed by atoms with Crippen molar-refractivity contribution >= 4 is 17.7 Å². The molecule has 1 aromatic carbocycles. The molecule has 1 unspecified atom stereocenters. The number of amides is 1. The fourth-order valence-electron chi connectivity index (χ4n) is 3.64. The van der Waals surface area contributed by atoms with Crippen LogP contribution in [0.1, 0.15) is 24.5 Å². The molecule has 0 saturated heterocycles. The zero-order valence-electron chi connectivity index (χ0n) is 18.5. The number of hydrogen-bond donors (Lipinski definition) is 2. The van der Waals surface area contributed by atoms with Crippen molar-refractivity contribution in [3.05, 3.63) is 82.3 Å². The molecule has 0 fully saturated rings. The number of carbonyl (C=O) groups is 3. The minimum atomic E-state index is -1.15. The number of carboxylic acids is 1. The Morgan fingerprint density at radius 2 is 1.94 bits per heavy atom. The minimum Gasteiger partial charge on any atom is -0.481 e. The zero-order chi connectivity index (χ0) is 25.0. The third-order valence-corrected chi connectivity index (χ3v) is 5.53. The molecule has 2 aromatic rings. The maximum absolute atomic E-state index is 13.3. The van der Waals surface area contributed by atoms with Crippen molar-refractivity contribution in [2.45, 2.75) is 26.3 Å². The van der Waals surface area contributed by atoms with Gasteiger partial charge in [-0.3, -0.25) is 14.5 Å². The Morgan fingerprint density at radius 1 is 1.21 bits per heavy atom. The number of aromatic nitrogens is 1. The molecule has 4 rings (SSSR count). The van der Waals surface area contributed by atoms with Crippen molar-refractivity contribution in [2.24, 2.45) is 11.7 Å². The number of nitrogens with zero attached hydrogens (tertiary/aromatic N) is 2. The lowest BCUT2D eigenvalue weighted by atomic mass is 9.86. The molecule has 0 radical (unpaired) electrons. The summed E-state index contributed by atoms with van der Waals surface area (Å²) in [6.45, 7) is 2.06. The second-order valence-corrected chi connectivity index (χ2v) is 7.70. The number of fused-ring (bicyclic) bond motifs is 1. The van der Waals surface area contributed by atoms with Gasteiger partial charge in [0.2, 0.25) is 11.8 Å². The van der Waals surface area contributed by atoms with Crippen molar-refractivity contribution in [1.82, 2.24) is 9.88 Å². The summed E-state index contributed by atoms with van der Waals surface area (Å²) in [7, 11) is 1.59. The maximum Gasteiger partial charge on any atom is 0.333 e. The summed E-state index contributed by atoms with van der Waals surface area (Å²) < 4.78 is 31.2. The van der Waals surface area contributed by atoms with Crippen molar-refractivity contribution < 1.29 is 33.0 Å². The first-order valence-electron chi connectivity index (χ1n) is 10.3. The fraction of sp³-hybridized carbons (Fsp3) is 0.250. The molecule has 0 aliphatic carbocycles. The number of pyridine rings is 1. The molecule has 2 aliphatic heterocycles. The highest BCUT2D eigenvalue weighted by Crippen LogP contribution is 2.35. The SMILES string of the molecule is CC1=C2CC(C(=O)O)=CN2C(=O)C(Cc2ccc(F)c(F)c2)C1=O.COc1cc(CN)ccn1. The highest BCUT2D eigenvalue weighted by atomic mass is 19.2. The van der Waals surface area contributed by atoms with Crippen LogP contribution in [0.4, 0.5) is 8.78 Å². The number of methoxy groups -OCH3 is 1. The van der Waals surface area contributed by atoms with Gasteiger partial charge in [0, 0.05) is 42.7 Å². The van der Waals surface area contributed by atoms with Gasteiger partial charge in [0.25, 0.3) is 0 Å². The van der Waals surface area contributed by atoms with Crippen molar-refractivity contribution in [2.75, 3.05) is 7.11 Å². The highest BCUT2D eigenvalue weighted by molar-refractivity contribution is 6.14. The third-order valence-electron chi connectivity index (χ3n) is 5.53. The van der Waals surface area contributed by atoms with Crippen LogP contribution in [0, 0.1) is 17.6 Å². The molecule has 34 heavy (non-hydrogen) atoms. The Labute approximate surface area is 194 Å². The van der Waals surface area contributed by atoms with E-state index in [0.717, 1.165) is 17.7 Å². The van der Waals surface area contributed by atoms with Crippen LogP contribution in [-0.4, -0.2) is 39.8 Å². The summed E-state index contributed by atoms with van der Waals surface area (Å²) in [5.74, 6) is -4.65. The Balaban J connectivity index is 0.000000271. The molecule has 3 N–H and O–H groups in total. The molecule has 178 valence electrons. The Bertz CT molecular complexity index is 1190. The number of carboxylic acid groups (broad SMARTS) is 1. The number of ketones is 1. The first-order chi connectivity index (χ1) is 16.2. The van der Waals surface area contributed by atoms with Gasteiger partial charge >= 0.3 is 5.97 Å². The highest BCUT2D eigenvalue weighted by Gasteiger charge is 2.42. The van der Waals surface area contributed by atoms with Gasteiger partial charge < -0.3 is 15.6 Å². The van der Waals surface area contributed by atoms with Gasteiger partial charge in [-0.15, -0.1) is 0 Å². The Hall–Kier alpha value is -3.92. The number of carbonyl (C=O) groups excluding carboxylic acids is 2. The molecular formula is C24H23F2N3O5. The zero-order valence-corrected chi connectivity index (χ0v) is 18.5. The number of rotatable bonds is 5. The predicted molar refractivity (Wildman–Crippen MR) is 117 cm³/mol. The molecule has 0 spiro atoms. The number of ether oxygens (including phenoxy) is 1. The lowest BCUT2D eigenvalue weighted by molar-refractivity contribution is -0.138. The second-order valence-electron chi connectivity index (χ2n) is 7.70. The number of nitrogens with two attached hydrogens (primary N) is 1. The van der Waals surface area contributed by atoms with E-state index in [2.05, 4.69) is 4.98 Å². The summed E-state index contributed by atoms with van der Waals surface area (Å²) in [4.78, 5) is 41.2. The normalized spacial score (nSPS) is 17.1. The van der Waals surface area contributed by atoms with Crippen LogP contribution in [0.25, 0.3) is 0 Å². The monoisotopic (exact) mass is 471 g/mol. The average Bonchev–Trinajstić information content (AvgIpc) is 3.29. The van der Waals surface area contributed by atoms with Gasteiger partial charge in [0.15, 0.2) is 17.4 Å². The third kappa shape index (κ3) is 5.18. The van der Waals surface area contributed by atoms with E-state index in [1.165, 1.54) is 24.1 Å². The van der Waals surface area contributed by atoms with E-state index in [1.807, 2.05) is 12.1 Å². The van der Waals surface area contributed by atoms with E-state index in [-0.39, 0.29) is 18.4 Å². The van der Waals surface area contributed by atoms with E-state index >= 15 is 0 Å². The largest absolute Gasteiger partial charge is 0.481 e. The van der Waals surface area contributed by atoms with Crippen molar-refractivity contribution in [3.63, 3.8) is 0 Å². The van der Waals surface area contributed by atoms with Gasteiger partial charge in [0.05, 0.1) is 12.7 Å². The number of hydrogen-bond acceptors (Lipinski definition) is 6. The lowest BCUT2D eigenvalue weighted by Gasteiger charge is -2.29. The van der Waals surface area contributed by atoms with Crippen LogP contribution in [0.5, 0.6) is 5.88 Å². The molecule has 0 bridgehead atoms. The van der Waals surface area contributed by atoms with Crippen LogP contribution in [0.3, 0.4) is 0 Å². The summed E-state index contributed by atoms with van der Waals surface area (Å²) >= 11 is 0. The minimum absolute atomic E-state index is 0.0105. The number of benzene rings is 1. The van der Waals surface area contributed by atoms with Crippen LogP contribution in [0.2, 0.25) is 0 Å². The van der Waals surface area contributed by atoms with Gasteiger partial charge in [-0.2, -0.15) is 0 Å². The summed E-state index contributed by atoms with van der Waals surface area (Å²) in [6.07, 6.45) is 2.83. The standard InChI is InChI=1S/C17H13F2NO4.C7H10N2O/c1-8-14-6-10(17(23)24)7-20(14)16(22)11(15(8)21)4-9-2-3-12(18)13(19)5-9;1-10-7-4-6(5-8)2-3-9-7/h2-3,5,7,11H,4,6H2,1H3,(H,23,24);2-4H,5,8H2,1H3. The number of Topliss-reactive ketones (excluding diaryl/α,β-unsaturated/α-hetero) is 1. The van der Waals surface area contributed by atoms with E-state index in [9.17, 15) is 23.2 Å². The number of aliphatic carboxylic acids is 1. The van der Waals surface area contributed by atoms with Crippen molar-refractivity contribution in [3.8, 4) is 5.88 Å². The second kappa shape index (κ2) is 10.3. The maximum atomic E-state index is 13.3. The Kier molecular flexibility index (Phi) is 7.52. The molecule has 0 saturated carbocycles. The smallest absolute Gasteiger partial charge is 0.333 e. The molecule has 1 amide bonds. The number of halogens is 2. The molecule has 10 heteroatoms. The van der Waals surface area contributed by atoms with Crippen LogP contribution in [-0.2, 0) is 27.3 Å². The van der Waals surface area contributed by atoms with E-state index in [4.69, 9.17) is 15.6 Å². The van der Waals surface area contributed by atoms with Gasteiger partial charge in [-0.25, -0.2) is 18.6 Å². The molecule has 2 aliphatic rings. The Morgan fingerprint density at radius 3 is 2.56 bits per heavy atom. The van der Waals surface area contributed by atoms with E-state index in [1.54, 1.807) is 13.3 Å².